The van der Waals surface area contributed by atoms with Gasteiger partial charge in [-0.25, -0.2) is 4.39 Å². The molecule has 1 nitrogen and oxygen atoms in total. The summed E-state index contributed by atoms with van der Waals surface area (Å²) in [5.74, 6) is -0.301. The van der Waals surface area contributed by atoms with E-state index in [0.29, 0.717) is 5.56 Å². The molecule has 1 N–H and O–H groups in total. The summed E-state index contributed by atoms with van der Waals surface area (Å²) in [6.07, 6.45) is -0.740. The van der Waals surface area contributed by atoms with Crippen molar-refractivity contribution in [3.05, 3.63) is 95.8 Å². The lowest BCUT2D eigenvalue weighted by atomic mass is 9.98. The van der Waals surface area contributed by atoms with Crippen LogP contribution in [0.25, 0.3) is 11.1 Å². The number of benzene rings is 3. The molecular formula is C19H15FO. The highest BCUT2D eigenvalue weighted by Crippen LogP contribution is 2.25. The first-order chi connectivity index (χ1) is 10.2. The molecule has 0 amide bonds. The van der Waals surface area contributed by atoms with E-state index in [2.05, 4.69) is 0 Å². The Kier molecular flexibility index (Phi) is 3.80. The van der Waals surface area contributed by atoms with Gasteiger partial charge in [-0.3, -0.25) is 0 Å². The predicted octanol–water partition coefficient (Wildman–Crippen LogP) is 4.57. The molecule has 3 rings (SSSR count). The molecule has 0 heterocycles. The number of halogens is 1. The third-order valence-electron chi connectivity index (χ3n) is 3.52. The van der Waals surface area contributed by atoms with E-state index in [9.17, 15) is 9.50 Å². The van der Waals surface area contributed by atoms with Crippen LogP contribution in [0.4, 0.5) is 4.39 Å². The van der Waals surface area contributed by atoms with Crippen molar-refractivity contribution >= 4 is 0 Å². The van der Waals surface area contributed by atoms with Crippen LogP contribution < -0.4 is 0 Å². The van der Waals surface area contributed by atoms with Gasteiger partial charge < -0.3 is 5.11 Å². The lowest BCUT2D eigenvalue weighted by Crippen LogP contribution is -1.99. The Balaban J connectivity index is 1.85. The molecule has 0 spiro atoms. The van der Waals surface area contributed by atoms with Crippen molar-refractivity contribution < 1.29 is 9.50 Å². The maximum absolute atomic E-state index is 12.9. The first-order valence-electron chi connectivity index (χ1n) is 6.83. The van der Waals surface area contributed by atoms with E-state index in [1.165, 1.54) is 12.1 Å². The van der Waals surface area contributed by atoms with Crippen LogP contribution in [-0.2, 0) is 0 Å². The average Bonchev–Trinajstić information content (AvgIpc) is 2.56. The third-order valence-corrected chi connectivity index (χ3v) is 3.52. The summed E-state index contributed by atoms with van der Waals surface area (Å²) in [4.78, 5) is 0. The minimum atomic E-state index is -0.740. The number of rotatable bonds is 3. The Morgan fingerprint density at radius 2 is 1.10 bits per heavy atom. The van der Waals surface area contributed by atoms with Gasteiger partial charge in [-0.15, -0.1) is 0 Å². The highest BCUT2D eigenvalue weighted by atomic mass is 19.1. The van der Waals surface area contributed by atoms with Crippen molar-refractivity contribution in [1.82, 2.24) is 0 Å². The molecule has 1 atom stereocenters. The van der Waals surface area contributed by atoms with E-state index < -0.39 is 6.10 Å². The molecule has 0 aliphatic carbocycles. The van der Waals surface area contributed by atoms with E-state index in [1.54, 1.807) is 12.1 Å². The summed E-state index contributed by atoms with van der Waals surface area (Å²) in [6.45, 7) is 0. The molecule has 2 heteroatoms. The van der Waals surface area contributed by atoms with E-state index in [1.807, 2.05) is 54.6 Å². The summed E-state index contributed by atoms with van der Waals surface area (Å²) < 4.78 is 12.9. The van der Waals surface area contributed by atoms with E-state index >= 15 is 0 Å². The molecule has 0 radical (unpaired) electrons. The zero-order chi connectivity index (χ0) is 14.7. The molecule has 0 aliphatic rings. The zero-order valence-corrected chi connectivity index (χ0v) is 11.4. The normalized spacial score (nSPS) is 12.1. The lowest BCUT2D eigenvalue weighted by molar-refractivity contribution is 0.220. The van der Waals surface area contributed by atoms with Crippen LogP contribution in [-0.4, -0.2) is 5.11 Å². The third kappa shape index (κ3) is 3.01. The number of hydrogen-bond acceptors (Lipinski definition) is 1. The van der Waals surface area contributed by atoms with Crippen LogP contribution in [0.5, 0.6) is 0 Å². The lowest BCUT2D eigenvalue weighted by Gasteiger charge is -2.12. The molecule has 0 unspecified atom stereocenters. The van der Waals surface area contributed by atoms with Crippen LogP contribution in [0.2, 0.25) is 0 Å². The van der Waals surface area contributed by atoms with Gasteiger partial charge >= 0.3 is 0 Å². The van der Waals surface area contributed by atoms with Crippen molar-refractivity contribution in [2.75, 3.05) is 0 Å². The molecule has 3 aromatic rings. The topological polar surface area (TPSA) is 20.2 Å². The fourth-order valence-corrected chi connectivity index (χ4v) is 2.33. The second-order valence-corrected chi connectivity index (χ2v) is 4.94. The Morgan fingerprint density at radius 1 is 0.619 bits per heavy atom. The SMILES string of the molecule is O[C@@H](c1ccc(F)cc1)c1ccc(-c2ccccc2)cc1. The largest absolute Gasteiger partial charge is 0.384 e. The minimum absolute atomic E-state index is 0.301. The first kappa shape index (κ1) is 13.5. The zero-order valence-electron chi connectivity index (χ0n) is 11.4. The standard InChI is InChI=1S/C19H15FO/c20-18-12-10-17(11-13-18)19(21)16-8-6-15(7-9-16)14-4-2-1-3-5-14/h1-13,19,21H/t19-/m1/s1. The van der Waals surface area contributed by atoms with Gasteiger partial charge in [0.25, 0.3) is 0 Å². The molecule has 0 fully saturated rings. The monoisotopic (exact) mass is 278 g/mol. The Morgan fingerprint density at radius 3 is 1.67 bits per heavy atom. The van der Waals surface area contributed by atoms with Crippen LogP contribution in [0, 0.1) is 5.82 Å². The van der Waals surface area contributed by atoms with E-state index in [-0.39, 0.29) is 5.82 Å². The van der Waals surface area contributed by atoms with Crippen LogP contribution >= 0.6 is 0 Å². The average molecular weight is 278 g/mol. The first-order valence-corrected chi connectivity index (χ1v) is 6.83. The Labute approximate surface area is 123 Å². The molecule has 0 aromatic heterocycles. The van der Waals surface area contributed by atoms with Gasteiger partial charge in [0.05, 0.1) is 0 Å². The molecule has 3 aromatic carbocycles. The fourth-order valence-electron chi connectivity index (χ4n) is 2.33. The Bertz CT molecular complexity index is 703. The second kappa shape index (κ2) is 5.90. The van der Waals surface area contributed by atoms with E-state index in [4.69, 9.17) is 0 Å². The molecule has 0 saturated carbocycles. The minimum Gasteiger partial charge on any atom is -0.384 e. The Hall–Kier alpha value is -2.45. The summed E-state index contributed by atoms with van der Waals surface area (Å²) in [6, 6.07) is 23.8. The van der Waals surface area contributed by atoms with Gasteiger partial charge in [-0.2, -0.15) is 0 Å². The molecule has 0 bridgehead atoms. The van der Waals surface area contributed by atoms with Gasteiger partial charge in [-0.1, -0.05) is 66.7 Å². The van der Waals surface area contributed by atoms with Crippen molar-refractivity contribution in [2.45, 2.75) is 6.10 Å². The van der Waals surface area contributed by atoms with Gasteiger partial charge in [0.2, 0.25) is 0 Å². The molecule has 104 valence electrons. The maximum atomic E-state index is 12.9. The van der Waals surface area contributed by atoms with Crippen LogP contribution in [0.15, 0.2) is 78.9 Å². The van der Waals surface area contributed by atoms with Gasteiger partial charge in [0.1, 0.15) is 11.9 Å². The highest BCUT2D eigenvalue weighted by Gasteiger charge is 2.10. The summed E-state index contributed by atoms with van der Waals surface area (Å²) in [7, 11) is 0. The maximum Gasteiger partial charge on any atom is 0.123 e. The number of aliphatic hydroxyl groups is 1. The molecular weight excluding hydrogens is 263 g/mol. The molecule has 21 heavy (non-hydrogen) atoms. The smallest absolute Gasteiger partial charge is 0.123 e. The quantitative estimate of drug-likeness (QED) is 0.743. The second-order valence-electron chi connectivity index (χ2n) is 4.94. The van der Waals surface area contributed by atoms with Crippen molar-refractivity contribution in [3.8, 4) is 11.1 Å². The van der Waals surface area contributed by atoms with Gasteiger partial charge in [-0.05, 0) is 34.4 Å². The summed E-state index contributed by atoms with van der Waals surface area (Å²) in [5, 5.41) is 10.3. The van der Waals surface area contributed by atoms with Crippen LogP contribution in [0.3, 0.4) is 0 Å². The predicted molar refractivity (Wildman–Crippen MR) is 82.3 cm³/mol. The van der Waals surface area contributed by atoms with E-state index in [0.717, 1.165) is 16.7 Å². The fraction of sp³-hybridized carbons (Fsp3) is 0.0526. The van der Waals surface area contributed by atoms with Crippen molar-refractivity contribution in [1.29, 1.82) is 0 Å². The summed E-state index contributed by atoms with van der Waals surface area (Å²) >= 11 is 0. The molecule has 0 saturated heterocycles. The summed E-state index contributed by atoms with van der Waals surface area (Å²) in [5.41, 5.74) is 3.72. The molecule has 0 aliphatic heterocycles. The highest BCUT2D eigenvalue weighted by molar-refractivity contribution is 5.63. The van der Waals surface area contributed by atoms with Crippen molar-refractivity contribution in [2.24, 2.45) is 0 Å². The number of hydrogen-bond donors (Lipinski definition) is 1. The van der Waals surface area contributed by atoms with Crippen LogP contribution in [0.1, 0.15) is 17.2 Å². The van der Waals surface area contributed by atoms with Crippen molar-refractivity contribution in [3.63, 3.8) is 0 Å². The van der Waals surface area contributed by atoms with Gasteiger partial charge in [0.15, 0.2) is 0 Å². The number of aliphatic hydroxyl groups excluding tert-OH is 1. The van der Waals surface area contributed by atoms with Gasteiger partial charge in [0, 0.05) is 0 Å².